The smallest absolute Gasteiger partial charge is 0.410 e. The van der Waals surface area contributed by atoms with Crippen LogP contribution in [0, 0.1) is 0 Å². The summed E-state index contributed by atoms with van der Waals surface area (Å²) in [5.74, 6) is -0.455. The Morgan fingerprint density at radius 2 is 1.84 bits per heavy atom. The molecule has 200 valence electrons. The molecule has 1 aromatic heterocycles. The molecule has 12 heteroatoms. The molecule has 1 atom stereocenters. The van der Waals surface area contributed by atoms with Crippen molar-refractivity contribution < 1.29 is 32.2 Å². The number of pyridine rings is 1. The number of rotatable bonds is 7. The first-order valence-corrected chi connectivity index (χ1v) is 11.6. The molecule has 1 saturated heterocycles. The first-order chi connectivity index (χ1) is 18.1. The Morgan fingerprint density at radius 3 is 2.50 bits per heavy atom. The van der Waals surface area contributed by atoms with Crippen LogP contribution in [-0.2, 0) is 29.3 Å². The number of hydrogen-bond acceptors (Lipinski definition) is 6. The zero-order valence-electron chi connectivity index (χ0n) is 20.3. The standard InChI is InChI=1S/C26H25F3N4O5/c1-33-12-10-19(14-22(33)34)38-24(36)32-25(11-13-37-16-25)23(35)30-15-17-6-8-18(9-7-17)31-21-5-3-2-4-20(21)26(27,28)29/h2-10,12,14,31H,11,13,15-16H2,1H3,(H,30,35)(H,32,36)/t25-/m0/s1. The molecular weight excluding hydrogens is 505 g/mol. The van der Waals surface area contributed by atoms with Crippen LogP contribution >= 0.6 is 0 Å². The summed E-state index contributed by atoms with van der Waals surface area (Å²) < 4.78 is 51.5. The van der Waals surface area contributed by atoms with E-state index in [4.69, 9.17) is 9.47 Å². The van der Waals surface area contributed by atoms with Crippen molar-refractivity contribution in [3.8, 4) is 5.75 Å². The third-order valence-electron chi connectivity index (χ3n) is 6.00. The van der Waals surface area contributed by atoms with Crippen LogP contribution in [0.3, 0.4) is 0 Å². The lowest BCUT2D eigenvalue weighted by atomic mass is 9.97. The van der Waals surface area contributed by atoms with Crippen LogP contribution in [0.1, 0.15) is 17.5 Å². The van der Waals surface area contributed by atoms with Gasteiger partial charge < -0.3 is 30.0 Å². The number of alkyl halides is 3. The van der Waals surface area contributed by atoms with Gasteiger partial charge in [0, 0.05) is 44.6 Å². The van der Waals surface area contributed by atoms with Gasteiger partial charge in [-0.1, -0.05) is 24.3 Å². The maximum absolute atomic E-state index is 13.2. The Bertz CT molecular complexity index is 1370. The maximum atomic E-state index is 13.2. The monoisotopic (exact) mass is 530 g/mol. The molecule has 38 heavy (non-hydrogen) atoms. The third-order valence-corrected chi connectivity index (χ3v) is 6.00. The summed E-state index contributed by atoms with van der Waals surface area (Å²) in [5, 5.41) is 8.07. The van der Waals surface area contributed by atoms with Gasteiger partial charge in [-0.3, -0.25) is 9.59 Å². The van der Waals surface area contributed by atoms with E-state index >= 15 is 0 Å². The topological polar surface area (TPSA) is 111 Å². The van der Waals surface area contributed by atoms with E-state index in [-0.39, 0.29) is 43.2 Å². The van der Waals surface area contributed by atoms with E-state index in [1.165, 1.54) is 35.0 Å². The zero-order chi connectivity index (χ0) is 27.3. The van der Waals surface area contributed by atoms with Gasteiger partial charge in [-0.25, -0.2) is 4.79 Å². The van der Waals surface area contributed by atoms with Crippen LogP contribution in [0.2, 0.25) is 0 Å². The fourth-order valence-electron chi connectivity index (χ4n) is 3.87. The van der Waals surface area contributed by atoms with E-state index in [0.29, 0.717) is 11.3 Å². The highest BCUT2D eigenvalue weighted by Crippen LogP contribution is 2.35. The highest BCUT2D eigenvalue weighted by molar-refractivity contribution is 5.90. The first-order valence-electron chi connectivity index (χ1n) is 11.6. The highest BCUT2D eigenvalue weighted by Gasteiger charge is 2.44. The average molecular weight is 531 g/mol. The molecule has 3 aromatic rings. The fraction of sp³-hybridized carbons (Fsp3) is 0.269. The summed E-state index contributed by atoms with van der Waals surface area (Å²) in [5.41, 5.74) is -1.45. The van der Waals surface area contributed by atoms with Crippen molar-refractivity contribution in [1.29, 1.82) is 0 Å². The molecule has 0 bridgehead atoms. The van der Waals surface area contributed by atoms with E-state index in [1.807, 2.05) is 0 Å². The quantitative estimate of drug-likeness (QED) is 0.430. The van der Waals surface area contributed by atoms with Gasteiger partial charge in [0.25, 0.3) is 5.56 Å². The van der Waals surface area contributed by atoms with Gasteiger partial charge in [-0.2, -0.15) is 13.2 Å². The van der Waals surface area contributed by atoms with Crippen molar-refractivity contribution >= 4 is 23.4 Å². The van der Waals surface area contributed by atoms with Gasteiger partial charge in [-0.05, 0) is 35.9 Å². The minimum absolute atomic E-state index is 0.0339. The van der Waals surface area contributed by atoms with Crippen molar-refractivity contribution in [2.75, 3.05) is 18.5 Å². The Kier molecular flexibility index (Phi) is 7.72. The molecule has 0 aliphatic carbocycles. The highest BCUT2D eigenvalue weighted by atomic mass is 19.4. The van der Waals surface area contributed by atoms with Gasteiger partial charge in [0.15, 0.2) is 0 Å². The molecule has 1 aliphatic rings. The molecule has 3 N–H and O–H groups in total. The second-order valence-corrected chi connectivity index (χ2v) is 8.76. The molecule has 0 saturated carbocycles. The number of aryl methyl sites for hydroxylation is 1. The third kappa shape index (κ3) is 6.32. The summed E-state index contributed by atoms with van der Waals surface area (Å²) >= 11 is 0. The SMILES string of the molecule is Cn1ccc(OC(=O)N[C@@]2(C(=O)NCc3ccc(Nc4ccccc4C(F)(F)F)cc3)CCOC2)cc1=O. The number of aromatic nitrogens is 1. The number of hydrogen-bond donors (Lipinski definition) is 3. The van der Waals surface area contributed by atoms with Gasteiger partial charge in [0.05, 0.1) is 17.9 Å². The molecule has 9 nitrogen and oxygen atoms in total. The number of amides is 2. The van der Waals surface area contributed by atoms with Crippen LogP contribution in [-0.4, -0.2) is 35.3 Å². The Morgan fingerprint density at radius 1 is 1.11 bits per heavy atom. The second kappa shape index (κ2) is 11.0. The minimum atomic E-state index is -4.49. The lowest BCUT2D eigenvalue weighted by Gasteiger charge is -2.27. The lowest BCUT2D eigenvalue weighted by Crippen LogP contribution is -2.59. The van der Waals surface area contributed by atoms with Gasteiger partial charge >= 0.3 is 12.3 Å². The van der Waals surface area contributed by atoms with Crippen LogP contribution in [0.15, 0.2) is 71.7 Å². The summed E-state index contributed by atoms with van der Waals surface area (Å²) in [6, 6.07) is 14.3. The number of para-hydroxylation sites is 1. The van der Waals surface area contributed by atoms with Crippen molar-refractivity contribution in [2.45, 2.75) is 24.7 Å². The number of carbonyl (C=O) groups excluding carboxylic acids is 2. The molecule has 1 aliphatic heterocycles. The molecule has 2 amide bonds. The van der Waals surface area contributed by atoms with E-state index < -0.39 is 29.3 Å². The summed E-state index contributed by atoms with van der Waals surface area (Å²) in [6.45, 7) is 0.288. The summed E-state index contributed by atoms with van der Waals surface area (Å²) in [7, 11) is 1.55. The molecule has 2 aromatic carbocycles. The molecule has 4 rings (SSSR count). The van der Waals surface area contributed by atoms with E-state index in [9.17, 15) is 27.6 Å². The van der Waals surface area contributed by atoms with E-state index in [1.54, 1.807) is 31.3 Å². The Balaban J connectivity index is 1.36. The summed E-state index contributed by atoms with van der Waals surface area (Å²) in [6.07, 6.45) is -3.74. The van der Waals surface area contributed by atoms with E-state index in [0.717, 1.165) is 12.1 Å². The number of anilines is 2. The predicted octanol–water partition coefficient (Wildman–Crippen LogP) is 3.71. The molecule has 2 heterocycles. The number of carbonyl (C=O) groups is 2. The Labute approximate surface area is 215 Å². The van der Waals surface area contributed by atoms with Gasteiger partial charge in [-0.15, -0.1) is 0 Å². The number of benzene rings is 2. The second-order valence-electron chi connectivity index (χ2n) is 8.76. The Hall–Kier alpha value is -4.32. The molecular formula is C26H25F3N4O5. The van der Waals surface area contributed by atoms with Gasteiger partial charge in [0.1, 0.15) is 11.3 Å². The van der Waals surface area contributed by atoms with Crippen LogP contribution in [0.4, 0.5) is 29.3 Å². The van der Waals surface area contributed by atoms with Gasteiger partial charge in [0.2, 0.25) is 5.91 Å². The van der Waals surface area contributed by atoms with Crippen molar-refractivity contribution in [1.82, 2.24) is 15.2 Å². The van der Waals surface area contributed by atoms with Crippen molar-refractivity contribution in [3.05, 3.63) is 88.3 Å². The normalized spacial score (nSPS) is 17.1. The van der Waals surface area contributed by atoms with Crippen LogP contribution < -0.4 is 26.2 Å². The summed E-state index contributed by atoms with van der Waals surface area (Å²) in [4.78, 5) is 37.2. The lowest BCUT2D eigenvalue weighted by molar-refractivity contribution is -0.137. The minimum Gasteiger partial charge on any atom is -0.410 e. The maximum Gasteiger partial charge on any atom is 0.418 e. The number of nitrogens with zero attached hydrogens (tertiary/aromatic N) is 1. The zero-order valence-corrected chi connectivity index (χ0v) is 20.3. The number of ether oxygens (including phenoxy) is 2. The van der Waals surface area contributed by atoms with Crippen LogP contribution in [0.25, 0.3) is 0 Å². The number of nitrogens with one attached hydrogen (secondary N) is 3. The fourth-order valence-corrected chi connectivity index (χ4v) is 3.87. The largest absolute Gasteiger partial charge is 0.418 e. The van der Waals surface area contributed by atoms with E-state index in [2.05, 4.69) is 16.0 Å². The van der Waals surface area contributed by atoms with Crippen molar-refractivity contribution in [2.24, 2.45) is 7.05 Å². The molecule has 1 fully saturated rings. The van der Waals surface area contributed by atoms with Crippen molar-refractivity contribution in [3.63, 3.8) is 0 Å². The molecule has 0 radical (unpaired) electrons. The molecule has 0 unspecified atom stereocenters. The van der Waals surface area contributed by atoms with Crippen LogP contribution in [0.5, 0.6) is 5.75 Å². The predicted molar refractivity (Wildman–Crippen MR) is 132 cm³/mol. The molecule has 0 spiro atoms. The first kappa shape index (κ1) is 26.7. The number of halogens is 3. The average Bonchev–Trinajstić information content (AvgIpc) is 3.35.